The third kappa shape index (κ3) is 9.66. The molecule has 0 saturated carbocycles. The highest BCUT2D eigenvalue weighted by Gasteiger charge is 1.97. The highest BCUT2D eigenvalue weighted by molar-refractivity contribution is 14.1. The zero-order valence-corrected chi connectivity index (χ0v) is 10.8. The molecule has 0 saturated heterocycles. The fourth-order valence-corrected chi connectivity index (χ4v) is 0.957. The van der Waals surface area contributed by atoms with Crippen molar-refractivity contribution in [3.05, 3.63) is 22.8 Å². The minimum absolute atomic E-state index is 0.159. The molecule has 0 N–H and O–H groups in total. The van der Waals surface area contributed by atoms with Crippen LogP contribution in [0.5, 0.6) is 0 Å². The molecule has 0 rings (SSSR count). The number of rotatable bonds is 8. The quantitative estimate of drug-likeness (QED) is 0.288. The van der Waals surface area contributed by atoms with Gasteiger partial charge in [-0.1, -0.05) is 29.2 Å². The number of carbonyl (C=O) groups is 2. The number of hydrogen-bond acceptors (Lipinski definition) is 5. The predicted octanol–water partition coefficient (Wildman–Crippen LogP) is 1.22. The molecule has 0 heterocycles. The molecular formula is C10H13IO5. The molecular weight excluding hydrogens is 327 g/mol. The Morgan fingerprint density at radius 2 is 1.62 bits per heavy atom. The fraction of sp³-hybridized carbons (Fsp3) is 0.400. The summed E-state index contributed by atoms with van der Waals surface area (Å²) in [6, 6.07) is 0. The van der Waals surface area contributed by atoms with Crippen molar-refractivity contribution in [1.82, 2.24) is 0 Å². The standard InChI is InChI=1S/C10H13IO5/c1-2-9(12)15-7-5-14-6-8-16-10(13)3-4-11/h2-4H,1,5-8H2/b4-3+. The van der Waals surface area contributed by atoms with Crippen molar-refractivity contribution in [3.63, 3.8) is 0 Å². The van der Waals surface area contributed by atoms with Crippen LogP contribution in [0.2, 0.25) is 0 Å². The van der Waals surface area contributed by atoms with Gasteiger partial charge in [0.2, 0.25) is 0 Å². The molecule has 90 valence electrons. The first-order valence-corrected chi connectivity index (χ1v) is 5.75. The van der Waals surface area contributed by atoms with Gasteiger partial charge in [-0.15, -0.1) is 0 Å². The van der Waals surface area contributed by atoms with Gasteiger partial charge in [-0.2, -0.15) is 0 Å². The molecule has 0 fully saturated rings. The number of ether oxygens (including phenoxy) is 3. The Morgan fingerprint density at radius 1 is 1.06 bits per heavy atom. The summed E-state index contributed by atoms with van der Waals surface area (Å²) in [5, 5.41) is 0. The van der Waals surface area contributed by atoms with E-state index in [-0.39, 0.29) is 26.4 Å². The van der Waals surface area contributed by atoms with Crippen LogP contribution in [0.1, 0.15) is 0 Å². The normalized spacial score (nSPS) is 10.1. The SMILES string of the molecule is C=CC(=O)OCCOCCOC(=O)/C=C/I. The van der Waals surface area contributed by atoms with Gasteiger partial charge in [-0.3, -0.25) is 0 Å². The van der Waals surface area contributed by atoms with E-state index in [1.165, 1.54) is 6.08 Å². The Morgan fingerprint density at radius 3 is 2.12 bits per heavy atom. The third-order valence-corrected chi connectivity index (χ3v) is 1.67. The molecule has 0 atom stereocenters. The van der Waals surface area contributed by atoms with Gasteiger partial charge in [0, 0.05) is 12.2 Å². The van der Waals surface area contributed by atoms with Gasteiger partial charge in [-0.05, 0) is 4.08 Å². The van der Waals surface area contributed by atoms with E-state index in [0.29, 0.717) is 0 Å². The summed E-state index contributed by atoms with van der Waals surface area (Å²) in [5.41, 5.74) is 0. The second-order valence-electron chi connectivity index (χ2n) is 2.44. The molecule has 6 heteroatoms. The molecule has 16 heavy (non-hydrogen) atoms. The lowest BCUT2D eigenvalue weighted by molar-refractivity contribution is -0.140. The number of esters is 2. The van der Waals surface area contributed by atoms with Gasteiger partial charge >= 0.3 is 11.9 Å². The fourth-order valence-electron chi connectivity index (χ4n) is 0.663. The predicted molar refractivity (Wildman–Crippen MR) is 66.1 cm³/mol. The Hall–Kier alpha value is -0.890. The number of carbonyl (C=O) groups excluding carboxylic acids is 2. The molecule has 0 aromatic rings. The highest BCUT2D eigenvalue weighted by Crippen LogP contribution is 1.88. The number of hydrogen-bond donors (Lipinski definition) is 0. The minimum Gasteiger partial charge on any atom is -0.460 e. The summed E-state index contributed by atoms with van der Waals surface area (Å²) < 4.78 is 16.0. The molecule has 5 nitrogen and oxygen atoms in total. The lowest BCUT2D eigenvalue weighted by atomic mass is 10.6. The maximum absolute atomic E-state index is 10.8. The lowest BCUT2D eigenvalue weighted by Crippen LogP contribution is -2.12. The lowest BCUT2D eigenvalue weighted by Gasteiger charge is -2.04. The van der Waals surface area contributed by atoms with Crippen molar-refractivity contribution in [3.8, 4) is 0 Å². The summed E-state index contributed by atoms with van der Waals surface area (Å²) in [7, 11) is 0. The van der Waals surface area contributed by atoms with Crippen molar-refractivity contribution in [1.29, 1.82) is 0 Å². The molecule has 0 unspecified atom stereocenters. The summed E-state index contributed by atoms with van der Waals surface area (Å²) in [6.07, 6.45) is 2.39. The summed E-state index contributed by atoms with van der Waals surface area (Å²) in [6.45, 7) is 4.11. The highest BCUT2D eigenvalue weighted by atomic mass is 127. The van der Waals surface area contributed by atoms with E-state index < -0.39 is 11.9 Å². The second kappa shape index (κ2) is 10.6. The molecule has 0 aromatic carbocycles. The monoisotopic (exact) mass is 340 g/mol. The summed E-state index contributed by atoms with van der Waals surface area (Å²) in [5.74, 6) is -0.890. The van der Waals surface area contributed by atoms with E-state index >= 15 is 0 Å². The van der Waals surface area contributed by atoms with Crippen LogP contribution in [0.3, 0.4) is 0 Å². The molecule has 0 amide bonds. The third-order valence-electron chi connectivity index (χ3n) is 1.31. The van der Waals surface area contributed by atoms with Crippen LogP contribution in [0.25, 0.3) is 0 Å². The van der Waals surface area contributed by atoms with Crippen LogP contribution in [0.15, 0.2) is 22.8 Å². The average molecular weight is 340 g/mol. The first-order valence-electron chi connectivity index (χ1n) is 4.51. The summed E-state index contributed by atoms with van der Waals surface area (Å²) in [4.78, 5) is 21.4. The average Bonchev–Trinajstić information content (AvgIpc) is 2.27. The van der Waals surface area contributed by atoms with Crippen molar-refractivity contribution in [2.45, 2.75) is 0 Å². The van der Waals surface area contributed by atoms with E-state index in [9.17, 15) is 9.59 Å². The van der Waals surface area contributed by atoms with E-state index in [4.69, 9.17) is 9.47 Å². The van der Waals surface area contributed by atoms with Crippen LogP contribution in [0.4, 0.5) is 0 Å². The maximum Gasteiger partial charge on any atom is 0.331 e. The second-order valence-corrected chi connectivity index (χ2v) is 3.16. The van der Waals surface area contributed by atoms with E-state index in [1.807, 2.05) is 22.6 Å². The Kier molecular flexibility index (Phi) is 10.0. The van der Waals surface area contributed by atoms with Gasteiger partial charge in [0.05, 0.1) is 13.2 Å². The molecule has 0 aliphatic carbocycles. The molecule has 0 aliphatic rings. The van der Waals surface area contributed by atoms with Crippen molar-refractivity contribution < 1.29 is 23.8 Å². The van der Waals surface area contributed by atoms with E-state index in [2.05, 4.69) is 11.3 Å². The van der Waals surface area contributed by atoms with Crippen LogP contribution in [0, 0.1) is 0 Å². The van der Waals surface area contributed by atoms with Crippen LogP contribution in [-0.4, -0.2) is 38.4 Å². The van der Waals surface area contributed by atoms with Crippen LogP contribution < -0.4 is 0 Å². The molecule has 0 aliphatic heterocycles. The van der Waals surface area contributed by atoms with Gasteiger partial charge in [0.15, 0.2) is 0 Å². The zero-order chi connectivity index (χ0) is 12.2. The molecule has 0 spiro atoms. The Balaban J connectivity index is 3.24. The molecule has 0 aromatic heterocycles. The molecule has 0 bridgehead atoms. The minimum atomic E-state index is -0.484. The largest absolute Gasteiger partial charge is 0.460 e. The topological polar surface area (TPSA) is 61.8 Å². The Bertz CT molecular complexity index is 262. The number of halogens is 1. The summed E-state index contributed by atoms with van der Waals surface area (Å²) >= 11 is 1.92. The van der Waals surface area contributed by atoms with Crippen molar-refractivity contribution >= 4 is 34.5 Å². The zero-order valence-electron chi connectivity index (χ0n) is 8.69. The molecule has 0 radical (unpaired) electrons. The maximum atomic E-state index is 10.8. The van der Waals surface area contributed by atoms with Crippen LogP contribution >= 0.6 is 22.6 Å². The van der Waals surface area contributed by atoms with Crippen molar-refractivity contribution in [2.24, 2.45) is 0 Å². The van der Waals surface area contributed by atoms with Crippen molar-refractivity contribution in [2.75, 3.05) is 26.4 Å². The Labute approximate surface area is 108 Å². The van der Waals surface area contributed by atoms with E-state index in [0.717, 1.165) is 6.08 Å². The van der Waals surface area contributed by atoms with E-state index in [1.54, 1.807) is 4.08 Å². The first-order chi connectivity index (χ1) is 7.70. The van der Waals surface area contributed by atoms with Gasteiger partial charge < -0.3 is 14.2 Å². The van der Waals surface area contributed by atoms with Gasteiger partial charge in [0.25, 0.3) is 0 Å². The smallest absolute Gasteiger partial charge is 0.331 e. The first kappa shape index (κ1) is 15.1. The van der Waals surface area contributed by atoms with Gasteiger partial charge in [0.1, 0.15) is 13.2 Å². The van der Waals surface area contributed by atoms with Crippen LogP contribution in [-0.2, 0) is 23.8 Å². The van der Waals surface area contributed by atoms with Gasteiger partial charge in [-0.25, -0.2) is 9.59 Å².